The second-order valence-corrected chi connectivity index (χ2v) is 4.64. The highest BCUT2D eigenvalue weighted by molar-refractivity contribution is 6.05. The molecule has 0 fully saturated rings. The lowest BCUT2D eigenvalue weighted by Crippen LogP contribution is -2.40. The average Bonchev–Trinajstić information content (AvgIpc) is 2.76. The molecule has 1 aromatic carbocycles. The fourth-order valence-corrected chi connectivity index (χ4v) is 2.15. The minimum atomic E-state index is -1.03. The lowest BCUT2D eigenvalue weighted by Gasteiger charge is -2.12. The van der Waals surface area contributed by atoms with Crippen molar-refractivity contribution in [2.24, 2.45) is 7.05 Å². The first-order valence-corrected chi connectivity index (χ1v) is 6.50. The van der Waals surface area contributed by atoms with Crippen molar-refractivity contribution in [3.8, 4) is 0 Å². The molecule has 0 bridgehead atoms. The number of carbonyl (C=O) groups is 2. The quantitative estimate of drug-likeness (QED) is 0.867. The summed E-state index contributed by atoms with van der Waals surface area (Å²) < 4.78 is 1.61. The van der Waals surface area contributed by atoms with Gasteiger partial charge in [-0.2, -0.15) is 5.10 Å². The number of amides is 1. The summed E-state index contributed by atoms with van der Waals surface area (Å²) in [6.07, 6.45) is 1.08. The largest absolute Gasteiger partial charge is 0.480 e. The topological polar surface area (TPSA) is 84.2 Å². The standard InChI is InChI=1S/C14H17N3O3/c1-3-6-10(14(19)20)15-13(18)12-9-7-4-5-8-11(9)17(2)16-12/h4-5,7-8,10H,3,6H2,1-2H3,(H,15,18)(H,19,20)/t10-/m0/s1. The Morgan fingerprint density at radius 3 is 2.75 bits per heavy atom. The van der Waals surface area contributed by atoms with Crippen molar-refractivity contribution in [2.75, 3.05) is 0 Å². The van der Waals surface area contributed by atoms with Crippen LogP contribution in [0, 0.1) is 0 Å². The summed E-state index contributed by atoms with van der Waals surface area (Å²) in [4.78, 5) is 23.3. The third kappa shape index (κ3) is 2.64. The van der Waals surface area contributed by atoms with Crippen molar-refractivity contribution in [3.63, 3.8) is 0 Å². The zero-order chi connectivity index (χ0) is 14.7. The molecule has 106 valence electrons. The number of fused-ring (bicyclic) bond motifs is 1. The molecule has 0 unspecified atom stereocenters. The second kappa shape index (κ2) is 5.73. The number of carbonyl (C=O) groups excluding carboxylic acids is 1. The van der Waals surface area contributed by atoms with Gasteiger partial charge in [-0.1, -0.05) is 31.5 Å². The van der Waals surface area contributed by atoms with Crippen LogP contribution in [0.25, 0.3) is 10.9 Å². The molecule has 0 aliphatic heterocycles. The highest BCUT2D eigenvalue weighted by Gasteiger charge is 2.22. The summed E-state index contributed by atoms with van der Waals surface area (Å²) in [6.45, 7) is 1.87. The van der Waals surface area contributed by atoms with E-state index in [1.165, 1.54) is 0 Å². The fraction of sp³-hybridized carbons (Fsp3) is 0.357. The Hall–Kier alpha value is -2.37. The number of carboxylic acid groups (broad SMARTS) is 1. The van der Waals surface area contributed by atoms with E-state index in [1.807, 2.05) is 25.1 Å². The summed E-state index contributed by atoms with van der Waals surface area (Å²) in [6, 6.07) is 6.46. The van der Waals surface area contributed by atoms with E-state index >= 15 is 0 Å². The molecule has 0 spiro atoms. The molecular formula is C14H17N3O3. The van der Waals surface area contributed by atoms with Crippen molar-refractivity contribution in [3.05, 3.63) is 30.0 Å². The van der Waals surface area contributed by atoms with Gasteiger partial charge in [-0.3, -0.25) is 9.48 Å². The molecule has 0 saturated heterocycles. The van der Waals surface area contributed by atoms with Gasteiger partial charge in [0.15, 0.2) is 5.69 Å². The van der Waals surface area contributed by atoms with Crippen LogP contribution in [-0.2, 0) is 11.8 Å². The van der Waals surface area contributed by atoms with Crippen LogP contribution in [-0.4, -0.2) is 32.8 Å². The Morgan fingerprint density at radius 2 is 2.10 bits per heavy atom. The van der Waals surface area contributed by atoms with Crippen LogP contribution in [0.2, 0.25) is 0 Å². The molecule has 0 saturated carbocycles. The lowest BCUT2D eigenvalue weighted by atomic mass is 10.1. The van der Waals surface area contributed by atoms with E-state index in [1.54, 1.807) is 17.8 Å². The second-order valence-electron chi connectivity index (χ2n) is 4.64. The number of benzene rings is 1. The first kappa shape index (κ1) is 14.0. The monoisotopic (exact) mass is 275 g/mol. The molecule has 0 aliphatic rings. The van der Waals surface area contributed by atoms with Gasteiger partial charge >= 0.3 is 5.97 Å². The molecule has 1 heterocycles. The van der Waals surface area contributed by atoms with Gasteiger partial charge < -0.3 is 10.4 Å². The Balaban J connectivity index is 2.29. The van der Waals surface area contributed by atoms with Crippen LogP contribution in [0.5, 0.6) is 0 Å². The van der Waals surface area contributed by atoms with Crippen LogP contribution in [0.15, 0.2) is 24.3 Å². The van der Waals surface area contributed by atoms with Gasteiger partial charge in [0.05, 0.1) is 5.52 Å². The van der Waals surface area contributed by atoms with Crippen LogP contribution in [0.4, 0.5) is 0 Å². The Labute approximate surface area is 116 Å². The Bertz CT molecular complexity index is 648. The maximum Gasteiger partial charge on any atom is 0.326 e. The molecule has 1 amide bonds. The molecule has 2 rings (SSSR count). The van der Waals surface area contributed by atoms with Crippen molar-refractivity contribution in [1.29, 1.82) is 0 Å². The number of aromatic nitrogens is 2. The van der Waals surface area contributed by atoms with E-state index in [0.29, 0.717) is 18.2 Å². The minimum absolute atomic E-state index is 0.255. The number of para-hydroxylation sites is 1. The zero-order valence-electron chi connectivity index (χ0n) is 11.5. The van der Waals surface area contributed by atoms with E-state index in [9.17, 15) is 9.59 Å². The molecule has 0 radical (unpaired) electrons. The van der Waals surface area contributed by atoms with E-state index in [2.05, 4.69) is 10.4 Å². The van der Waals surface area contributed by atoms with E-state index in [0.717, 1.165) is 5.52 Å². The fourth-order valence-electron chi connectivity index (χ4n) is 2.15. The summed E-state index contributed by atoms with van der Waals surface area (Å²) in [5.74, 6) is -1.48. The van der Waals surface area contributed by atoms with Crippen molar-refractivity contribution < 1.29 is 14.7 Å². The van der Waals surface area contributed by atoms with Gasteiger partial charge in [-0.25, -0.2) is 4.79 Å². The molecular weight excluding hydrogens is 258 g/mol. The number of rotatable bonds is 5. The number of aryl methyl sites for hydroxylation is 1. The van der Waals surface area contributed by atoms with Crippen LogP contribution >= 0.6 is 0 Å². The predicted octanol–water partition coefficient (Wildman–Crippen LogP) is 1.56. The van der Waals surface area contributed by atoms with Gasteiger partial charge in [0, 0.05) is 12.4 Å². The number of hydrogen-bond donors (Lipinski definition) is 2. The number of nitrogens with one attached hydrogen (secondary N) is 1. The van der Waals surface area contributed by atoms with Crippen LogP contribution in [0.3, 0.4) is 0 Å². The minimum Gasteiger partial charge on any atom is -0.480 e. The van der Waals surface area contributed by atoms with Gasteiger partial charge in [0.1, 0.15) is 6.04 Å². The molecule has 1 atom stereocenters. The Morgan fingerprint density at radius 1 is 1.40 bits per heavy atom. The van der Waals surface area contributed by atoms with Gasteiger partial charge in [0.25, 0.3) is 5.91 Å². The van der Waals surface area contributed by atoms with Gasteiger partial charge in [-0.15, -0.1) is 0 Å². The van der Waals surface area contributed by atoms with Crippen LogP contribution < -0.4 is 5.32 Å². The molecule has 6 nitrogen and oxygen atoms in total. The first-order chi connectivity index (χ1) is 9.54. The van der Waals surface area contributed by atoms with E-state index in [-0.39, 0.29) is 5.69 Å². The number of carboxylic acids is 1. The molecule has 6 heteroatoms. The number of aliphatic carboxylic acids is 1. The van der Waals surface area contributed by atoms with Gasteiger partial charge in [-0.05, 0) is 12.5 Å². The van der Waals surface area contributed by atoms with Gasteiger partial charge in [0.2, 0.25) is 0 Å². The third-order valence-corrected chi connectivity index (χ3v) is 3.15. The highest BCUT2D eigenvalue weighted by Crippen LogP contribution is 2.17. The SMILES string of the molecule is CCC[C@H](NC(=O)c1nn(C)c2ccccc12)C(=O)O. The summed E-state index contributed by atoms with van der Waals surface area (Å²) >= 11 is 0. The van der Waals surface area contributed by atoms with Crippen molar-refractivity contribution >= 4 is 22.8 Å². The Kier molecular flexibility index (Phi) is 4.02. The maximum absolute atomic E-state index is 12.2. The zero-order valence-corrected chi connectivity index (χ0v) is 11.5. The average molecular weight is 275 g/mol. The number of hydrogen-bond acceptors (Lipinski definition) is 3. The molecule has 0 aliphatic carbocycles. The highest BCUT2D eigenvalue weighted by atomic mass is 16.4. The lowest BCUT2D eigenvalue weighted by molar-refractivity contribution is -0.139. The summed E-state index contributed by atoms with van der Waals surface area (Å²) in [5, 5.41) is 16.5. The third-order valence-electron chi connectivity index (χ3n) is 3.15. The first-order valence-electron chi connectivity index (χ1n) is 6.50. The summed E-state index contributed by atoms with van der Waals surface area (Å²) in [5.41, 5.74) is 1.09. The smallest absolute Gasteiger partial charge is 0.326 e. The molecule has 2 N–H and O–H groups in total. The van der Waals surface area contributed by atoms with E-state index < -0.39 is 17.9 Å². The summed E-state index contributed by atoms with van der Waals surface area (Å²) in [7, 11) is 1.75. The molecule has 2 aromatic rings. The van der Waals surface area contributed by atoms with Crippen molar-refractivity contribution in [2.45, 2.75) is 25.8 Å². The predicted molar refractivity (Wildman–Crippen MR) is 74.5 cm³/mol. The van der Waals surface area contributed by atoms with E-state index in [4.69, 9.17) is 5.11 Å². The van der Waals surface area contributed by atoms with Crippen LogP contribution in [0.1, 0.15) is 30.3 Å². The van der Waals surface area contributed by atoms with Crippen molar-refractivity contribution in [1.82, 2.24) is 15.1 Å². The molecule has 1 aromatic heterocycles. The normalized spacial score (nSPS) is 12.3. The number of nitrogens with zero attached hydrogens (tertiary/aromatic N) is 2. The molecule has 20 heavy (non-hydrogen) atoms. The maximum atomic E-state index is 12.2.